The van der Waals surface area contributed by atoms with E-state index in [1.54, 1.807) is 0 Å². The van der Waals surface area contributed by atoms with Gasteiger partial charge in [-0.05, 0) is 24.6 Å². The molecule has 0 bridgehead atoms. The summed E-state index contributed by atoms with van der Waals surface area (Å²) in [5.41, 5.74) is -0.327. The van der Waals surface area contributed by atoms with E-state index in [2.05, 4.69) is 0 Å². The Hall–Kier alpha value is -1.54. The molecule has 0 atom stereocenters. The Morgan fingerprint density at radius 2 is 1.83 bits per heavy atom. The largest absolute Gasteiger partial charge is 0.336 e. The zero-order chi connectivity index (χ0) is 17.0. The number of amides is 1. The molecular formula is C15H20F2N2O3S. The minimum Gasteiger partial charge on any atom is -0.336 e. The molecule has 0 aromatic heterocycles. The second-order valence-corrected chi connectivity index (χ2v) is 7.57. The minimum absolute atomic E-state index is 0.0932. The molecule has 0 saturated carbocycles. The van der Waals surface area contributed by atoms with Gasteiger partial charge in [-0.2, -0.15) is 4.31 Å². The third-order valence-electron chi connectivity index (χ3n) is 3.83. The molecule has 0 unspecified atom stereocenters. The highest BCUT2D eigenvalue weighted by Crippen LogP contribution is 2.16. The van der Waals surface area contributed by atoms with Crippen molar-refractivity contribution in [2.24, 2.45) is 0 Å². The van der Waals surface area contributed by atoms with E-state index in [1.165, 1.54) is 9.21 Å². The van der Waals surface area contributed by atoms with E-state index in [0.29, 0.717) is 6.42 Å². The van der Waals surface area contributed by atoms with E-state index >= 15 is 0 Å². The molecule has 1 aliphatic rings. The first-order valence-electron chi connectivity index (χ1n) is 7.57. The van der Waals surface area contributed by atoms with Crippen molar-refractivity contribution in [2.75, 3.05) is 31.9 Å². The number of nitrogens with zero attached hydrogens (tertiary/aromatic N) is 2. The summed E-state index contributed by atoms with van der Waals surface area (Å²) in [5, 5.41) is 0. The van der Waals surface area contributed by atoms with Crippen LogP contribution in [0.2, 0.25) is 0 Å². The molecule has 128 valence electrons. The highest BCUT2D eigenvalue weighted by Gasteiger charge is 2.29. The van der Waals surface area contributed by atoms with Crippen molar-refractivity contribution in [3.05, 3.63) is 35.4 Å². The van der Waals surface area contributed by atoms with Crippen LogP contribution >= 0.6 is 0 Å². The van der Waals surface area contributed by atoms with E-state index in [1.807, 2.05) is 6.92 Å². The van der Waals surface area contributed by atoms with Crippen molar-refractivity contribution in [3.63, 3.8) is 0 Å². The number of sulfonamides is 1. The van der Waals surface area contributed by atoms with Crippen LogP contribution in [0, 0.1) is 11.6 Å². The average molecular weight is 346 g/mol. The zero-order valence-electron chi connectivity index (χ0n) is 13.0. The average Bonchev–Trinajstić information content (AvgIpc) is 2.54. The van der Waals surface area contributed by atoms with Crippen molar-refractivity contribution in [1.29, 1.82) is 0 Å². The third-order valence-corrected chi connectivity index (χ3v) is 5.79. The van der Waals surface area contributed by atoms with Crippen LogP contribution in [0.4, 0.5) is 8.78 Å². The molecule has 0 N–H and O–H groups in total. The van der Waals surface area contributed by atoms with Gasteiger partial charge in [0.05, 0.1) is 11.3 Å². The van der Waals surface area contributed by atoms with Crippen LogP contribution in [0.1, 0.15) is 30.1 Å². The van der Waals surface area contributed by atoms with Crippen LogP contribution in [0.3, 0.4) is 0 Å². The van der Waals surface area contributed by atoms with E-state index in [-0.39, 0.29) is 37.5 Å². The molecule has 1 heterocycles. The summed E-state index contributed by atoms with van der Waals surface area (Å²) >= 11 is 0. The lowest BCUT2D eigenvalue weighted by molar-refractivity contribution is 0.0692. The van der Waals surface area contributed by atoms with E-state index < -0.39 is 27.6 Å². The summed E-state index contributed by atoms with van der Waals surface area (Å²) in [5.74, 6) is -1.99. The Morgan fingerprint density at radius 1 is 1.17 bits per heavy atom. The maximum Gasteiger partial charge on any atom is 0.257 e. The van der Waals surface area contributed by atoms with Crippen LogP contribution < -0.4 is 0 Å². The van der Waals surface area contributed by atoms with E-state index in [9.17, 15) is 22.0 Å². The standard InChI is InChI=1S/C15H20F2N2O3S/c1-2-3-10-23(21,22)19-8-6-18(7-9-19)15(20)13-11-12(16)4-5-14(13)17/h4-5,11H,2-3,6-10H2,1H3. The Morgan fingerprint density at radius 3 is 2.43 bits per heavy atom. The Labute approximate surface area is 134 Å². The highest BCUT2D eigenvalue weighted by atomic mass is 32.2. The fourth-order valence-electron chi connectivity index (χ4n) is 2.46. The number of hydrogen-bond acceptors (Lipinski definition) is 3. The lowest BCUT2D eigenvalue weighted by Crippen LogP contribution is -2.51. The summed E-state index contributed by atoms with van der Waals surface area (Å²) < 4.78 is 52.4. The Bertz CT molecular complexity index is 671. The SMILES string of the molecule is CCCCS(=O)(=O)N1CCN(C(=O)c2cc(F)ccc2F)CC1. The second-order valence-electron chi connectivity index (χ2n) is 5.48. The van der Waals surface area contributed by atoms with Crippen molar-refractivity contribution < 1.29 is 22.0 Å². The summed E-state index contributed by atoms with van der Waals surface area (Å²) in [6.45, 7) is 2.60. The molecule has 1 amide bonds. The van der Waals surface area contributed by atoms with Crippen LogP contribution in [-0.4, -0.2) is 55.5 Å². The van der Waals surface area contributed by atoms with Gasteiger partial charge in [0.15, 0.2) is 0 Å². The van der Waals surface area contributed by atoms with Gasteiger partial charge < -0.3 is 4.90 Å². The topological polar surface area (TPSA) is 57.7 Å². The van der Waals surface area contributed by atoms with Crippen molar-refractivity contribution in [3.8, 4) is 0 Å². The van der Waals surface area contributed by atoms with Crippen molar-refractivity contribution in [1.82, 2.24) is 9.21 Å². The molecule has 0 aliphatic carbocycles. The van der Waals surface area contributed by atoms with E-state index in [0.717, 1.165) is 24.6 Å². The van der Waals surface area contributed by atoms with Gasteiger partial charge in [0.2, 0.25) is 10.0 Å². The predicted molar refractivity (Wildman–Crippen MR) is 82.5 cm³/mol. The molecule has 1 saturated heterocycles. The lowest BCUT2D eigenvalue weighted by Gasteiger charge is -2.34. The van der Waals surface area contributed by atoms with E-state index in [4.69, 9.17) is 0 Å². The quantitative estimate of drug-likeness (QED) is 0.818. The number of halogens is 2. The number of benzene rings is 1. The van der Waals surface area contributed by atoms with Gasteiger partial charge in [0.25, 0.3) is 5.91 Å². The van der Waals surface area contributed by atoms with Gasteiger partial charge in [-0.15, -0.1) is 0 Å². The zero-order valence-corrected chi connectivity index (χ0v) is 13.8. The maximum absolute atomic E-state index is 13.7. The Kier molecular flexibility index (Phi) is 5.69. The summed E-state index contributed by atoms with van der Waals surface area (Å²) in [6.07, 6.45) is 1.38. The molecule has 1 aliphatic heterocycles. The summed E-state index contributed by atoms with van der Waals surface area (Å²) in [4.78, 5) is 13.6. The fourth-order valence-corrected chi connectivity index (χ4v) is 4.09. The third kappa shape index (κ3) is 4.26. The molecule has 1 aromatic carbocycles. The summed E-state index contributed by atoms with van der Waals surface area (Å²) in [7, 11) is -3.31. The first-order chi connectivity index (χ1) is 10.8. The number of carbonyl (C=O) groups excluding carboxylic acids is 1. The van der Waals surface area contributed by atoms with Crippen LogP contribution in [-0.2, 0) is 10.0 Å². The molecule has 1 fully saturated rings. The molecule has 5 nitrogen and oxygen atoms in total. The molecule has 0 spiro atoms. The van der Waals surface area contributed by atoms with Gasteiger partial charge in [-0.25, -0.2) is 17.2 Å². The second kappa shape index (κ2) is 7.35. The maximum atomic E-state index is 13.7. The minimum atomic E-state index is -3.31. The number of unbranched alkanes of at least 4 members (excludes halogenated alkanes) is 1. The van der Waals surface area contributed by atoms with Gasteiger partial charge in [0.1, 0.15) is 11.6 Å². The van der Waals surface area contributed by atoms with Gasteiger partial charge in [0, 0.05) is 26.2 Å². The van der Waals surface area contributed by atoms with Gasteiger partial charge >= 0.3 is 0 Å². The monoisotopic (exact) mass is 346 g/mol. The van der Waals surface area contributed by atoms with Gasteiger partial charge in [-0.3, -0.25) is 4.79 Å². The van der Waals surface area contributed by atoms with Crippen molar-refractivity contribution in [2.45, 2.75) is 19.8 Å². The summed E-state index contributed by atoms with van der Waals surface area (Å²) in [6, 6.07) is 2.72. The molecule has 23 heavy (non-hydrogen) atoms. The molecule has 2 rings (SSSR count). The normalized spacial score (nSPS) is 16.6. The number of hydrogen-bond donors (Lipinski definition) is 0. The first-order valence-corrected chi connectivity index (χ1v) is 9.18. The van der Waals surface area contributed by atoms with Crippen LogP contribution in [0.5, 0.6) is 0 Å². The van der Waals surface area contributed by atoms with Crippen LogP contribution in [0.15, 0.2) is 18.2 Å². The number of piperazine rings is 1. The number of rotatable bonds is 5. The lowest BCUT2D eigenvalue weighted by atomic mass is 10.1. The molecule has 8 heteroatoms. The van der Waals surface area contributed by atoms with Crippen LogP contribution in [0.25, 0.3) is 0 Å². The van der Waals surface area contributed by atoms with Crippen molar-refractivity contribution >= 4 is 15.9 Å². The van der Waals surface area contributed by atoms with Gasteiger partial charge in [-0.1, -0.05) is 13.3 Å². The molecule has 0 radical (unpaired) electrons. The fraction of sp³-hybridized carbons (Fsp3) is 0.533. The number of carbonyl (C=O) groups is 1. The molecular weight excluding hydrogens is 326 g/mol. The predicted octanol–water partition coefficient (Wildman–Crippen LogP) is 1.85. The Balaban J connectivity index is 2.01. The smallest absolute Gasteiger partial charge is 0.257 e. The molecule has 1 aromatic rings. The highest BCUT2D eigenvalue weighted by molar-refractivity contribution is 7.89. The first kappa shape index (κ1) is 17.8.